The van der Waals surface area contributed by atoms with Gasteiger partial charge in [0, 0.05) is 56.1 Å². The smallest absolute Gasteiger partial charge is 0.269 e. The van der Waals surface area contributed by atoms with Crippen molar-refractivity contribution < 1.29 is 24.0 Å². The summed E-state index contributed by atoms with van der Waals surface area (Å²) in [5.41, 5.74) is 4.27. The summed E-state index contributed by atoms with van der Waals surface area (Å²) in [6.45, 7) is 7.58. The van der Waals surface area contributed by atoms with Crippen LogP contribution in [0.4, 0.5) is 11.4 Å². The Balaban J connectivity index is 1.33. The first-order valence-electron chi connectivity index (χ1n) is 14.5. The normalized spacial score (nSPS) is 19.5. The van der Waals surface area contributed by atoms with Gasteiger partial charge < -0.3 is 24.2 Å². The molecule has 2 amide bonds. The number of non-ortho nitro benzene ring substituents is 1. The molecule has 3 heterocycles. The van der Waals surface area contributed by atoms with Crippen molar-refractivity contribution in [2.24, 2.45) is 0 Å². The number of rotatable bonds is 7. The zero-order chi connectivity index (χ0) is 29.4. The number of ether oxygens (including phenoxy) is 2. The Labute approximate surface area is 244 Å². The maximum absolute atomic E-state index is 14.5. The molecule has 10 nitrogen and oxygen atoms in total. The summed E-state index contributed by atoms with van der Waals surface area (Å²) in [7, 11) is 0. The minimum atomic E-state index is -0.559. The van der Waals surface area contributed by atoms with Gasteiger partial charge in [0.1, 0.15) is 0 Å². The number of nitro benzene ring substituents is 1. The van der Waals surface area contributed by atoms with E-state index in [2.05, 4.69) is 4.90 Å². The fourth-order valence-corrected chi connectivity index (χ4v) is 6.50. The van der Waals surface area contributed by atoms with E-state index in [-0.39, 0.29) is 17.5 Å². The summed E-state index contributed by atoms with van der Waals surface area (Å²) >= 11 is 0. The van der Waals surface area contributed by atoms with Gasteiger partial charge in [-0.3, -0.25) is 19.7 Å². The quantitative estimate of drug-likeness (QED) is 0.303. The van der Waals surface area contributed by atoms with E-state index in [9.17, 15) is 19.7 Å². The number of hydrogen-bond acceptors (Lipinski definition) is 7. The van der Waals surface area contributed by atoms with Crippen LogP contribution < -0.4 is 14.4 Å². The van der Waals surface area contributed by atoms with E-state index in [0.717, 1.165) is 22.4 Å². The minimum Gasteiger partial charge on any atom is -0.490 e. The van der Waals surface area contributed by atoms with Gasteiger partial charge >= 0.3 is 0 Å². The van der Waals surface area contributed by atoms with E-state index in [4.69, 9.17) is 9.47 Å². The molecular weight excluding hydrogens is 536 g/mol. The van der Waals surface area contributed by atoms with E-state index >= 15 is 0 Å². The number of fused-ring (bicyclic) bond motifs is 4. The third-order valence-corrected chi connectivity index (χ3v) is 8.47. The zero-order valence-electron chi connectivity index (χ0n) is 23.8. The summed E-state index contributed by atoms with van der Waals surface area (Å²) in [6.07, 6.45) is 0.668. The fraction of sp³-hybridized carbons (Fsp3) is 0.375. The number of hydrogen-bond donors (Lipinski definition) is 0. The Hall–Kier alpha value is -4.60. The molecule has 0 radical (unpaired) electrons. The number of anilines is 1. The Morgan fingerprint density at radius 3 is 2.24 bits per heavy atom. The van der Waals surface area contributed by atoms with Gasteiger partial charge in [-0.1, -0.05) is 18.2 Å². The van der Waals surface area contributed by atoms with Gasteiger partial charge in [-0.05, 0) is 67.3 Å². The van der Waals surface area contributed by atoms with Crippen LogP contribution in [-0.2, 0) is 11.2 Å². The van der Waals surface area contributed by atoms with E-state index in [0.29, 0.717) is 69.4 Å². The lowest BCUT2D eigenvalue weighted by Crippen LogP contribution is -2.54. The molecular formula is C32H34N4O6. The first kappa shape index (κ1) is 27.6. The van der Waals surface area contributed by atoms with Crippen molar-refractivity contribution in [3.05, 3.63) is 93.0 Å². The van der Waals surface area contributed by atoms with Crippen LogP contribution in [0.1, 0.15) is 52.9 Å². The number of piperazine rings is 1. The number of carbonyl (C=O) groups is 2. The fourth-order valence-electron chi connectivity index (χ4n) is 6.50. The highest BCUT2D eigenvalue weighted by atomic mass is 16.6. The molecule has 0 aromatic heterocycles. The number of nitro groups is 1. The highest BCUT2D eigenvalue weighted by Crippen LogP contribution is 2.49. The molecule has 0 saturated carbocycles. The second kappa shape index (κ2) is 11.3. The molecule has 6 rings (SSSR count). The SMILES string of the molecule is CCOc1cc2c(cc1OCC)[C@@H]1[C@H](C(=O)N3CCN(c4ccc([N+](=O)[O-])cc4)CC3)c3ccccc3C(=O)N1CC2. The molecule has 3 aromatic rings. The number of amides is 2. The van der Waals surface area contributed by atoms with Gasteiger partial charge in [0.05, 0.1) is 30.1 Å². The summed E-state index contributed by atoms with van der Waals surface area (Å²) < 4.78 is 11.8. The summed E-state index contributed by atoms with van der Waals surface area (Å²) in [4.78, 5) is 44.7. The van der Waals surface area contributed by atoms with Crippen LogP contribution in [-0.4, -0.2) is 72.5 Å². The molecule has 42 heavy (non-hydrogen) atoms. The zero-order valence-corrected chi connectivity index (χ0v) is 23.8. The highest BCUT2D eigenvalue weighted by Gasteiger charge is 2.48. The number of benzene rings is 3. The molecule has 3 aliphatic rings. The predicted octanol–water partition coefficient (Wildman–Crippen LogP) is 4.58. The van der Waals surface area contributed by atoms with Crippen LogP contribution in [0.25, 0.3) is 0 Å². The Kier molecular flexibility index (Phi) is 7.45. The van der Waals surface area contributed by atoms with Gasteiger partial charge in [0.25, 0.3) is 11.6 Å². The predicted molar refractivity (Wildman–Crippen MR) is 157 cm³/mol. The lowest BCUT2D eigenvalue weighted by molar-refractivity contribution is -0.384. The summed E-state index contributed by atoms with van der Waals surface area (Å²) in [6, 6.07) is 17.5. The van der Waals surface area contributed by atoms with Crippen molar-refractivity contribution in [1.29, 1.82) is 0 Å². The molecule has 0 spiro atoms. The van der Waals surface area contributed by atoms with Crippen molar-refractivity contribution in [2.45, 2.75) is 32.2 Å². The van der Waals surface area contributed by atoms with Crippen molar-refractivity contribution in [1.82, 2.24) is 9.80 Å². The largest absolute Gasteiger partial charge is 0.490 e. The van der Waals surface area contributed by atoms with E-state index in [1.54, 1.807) is 12.1 Å². The maximum atomic E-state index is 14.5. The molecule has 218 valence electrons. The lowest BCUT2D eigenvalue weighted by Gasteiger charge is -2.47. The molecule has 3 aromatic carbocycles. The van der Waals surface area contributed by atoms with Gasteiger partial charge in [-0.2, -0.15) is 0 Å². The molecule has 1 saturated heterocycles. The van der Waals surface area contributed by atoms with Gasteiger partial charge in [0.2, 0.25) is 5.91 Å². The Bertz CT molecular complexity index is 1520. The Morgan fingerprint density at radius 2 is 1.57 bits per heavy atom. The van der Waals surface area contributed by atoms with Crippen molar-refractivity contribution in [3.63, 3.8) is 0 Å². The number of nitrogens with zero attached hydrogens (tertiary/aromatic N) is 4. The van der Waals surface area contributed by atoms with Gasteiger partial charge in [0.15, 0.2) is 11.5 Å². The van der Waals surface area contributed by atoms with Gasteiger partial charge in [-0.15, -0.1) is 0 Å². The first-order chi connectivity index (χ1) is 20.4. The first-order valence-corrected chi connectivity index (χ1v) is 14.5. The lowest BCUT2D eigenvalue weighted by atomic mass is 9.75. The molecule has 3 aliphatic heterocycles. The van der Waals surface area contributed by atoms with Crippen LogP contribution in [0, 0.1) is 10.1 Å². The van der Waals surface area contributed by atoms with Crippen molar-refractivity contribution in [3.8, 4) is 11.5 Å². The minimum absolute atomic E-state index is 0.00649. The van der Waals surface area contributed by atoms with Crippen LogP contribution in [0.2, 0.25) is 0 Å². The molecule has 0 N–H and O–H groups in total. The van der Waals surface area contributed by atoms with Crippen LogP contribution in [0.5, 0.6) is 11.5 Å². The van der Waals surface area contributed by atoms with Crippen molar-refractivity contribution in [2.75, 3.05) is 50.8 Å². The third-order valence-electron chi connectivity index (χ3n) is 8.47. The number of carbonyl (C=O) groups excluding carboxylic acids is 2. The molecule has 0 bridgehead atoms. The topological polar surface area (TPSA) is 105 Å². The second-order valence-corrected chi connectivity index (χ2v) is 10.7. The average molecular weight is 571 g/mol. The average Bonchev–Trinajstić information content (AvgIpc) is 3.01. The summed E-state index contributed by atoms with van der Waals surface area (Å²) in [5, 5.41) is 11.0. The third kappa shape index (κ3) is 4.80. The molecule has 2 atom stereocenters. The van der Waals surface area contributed by atoms with E-state index in [1.165, 1.54) is 12.1 Å². The molecule has 0 unspecified atom stereocenters. The van der Waals surface area contributed by atoms with E-state index in [1.807, 2.05) is 60.0 Å². The monoisotopic (exact) mass is 570 g/mol. The molecule has 1 fully saturated rings. The molecule has 10 heteroatoms. The standard InChI is InChI=1S/C32H34N4O6/c1-3-41-27-19-21-13-14-35-30(26(21)20-28(27)42-4-2)29(24-7-5-6-8-25(24)31(35)37)32(38)34-17-15-33(16-18-34)22-9-11-23(12-10-22)36(39)40/h5-12,19-20,29-30H,3-4,13-18H2,1-2H3/t29-,30-/m1/s1. The van der Waals surface area contributed by atoms with Crippen molar-refractivity contribution >= 4 is 23.2 Å². The second-order valence-electron chi connectivity index (χ2n) is 10.7. The Morgan fingerprint density at radius 1 is 0.905 bits per heavy atom. The summed E-state index contributed by atoms with van der Waals surface area (Å²) in [5.74, 6) is 0.679. The molecule has 0 aliphatic carbocycles. The highest BCUT2D eigenvalue weighted by molar-refractivity contribution is 6.01. The van der Waals surface area contributed by atoms with Crippen LogP contribution >= 0.6 is 0 Å². The van der Waals surface area contributed by atoms with Crippen LogP contribution in [0.15, 0.2) is 60.7 Å². The van der Waals surface area contributed by atoms with Gasteiger partial charge in [-0.25, -0.2) is 0 Å². The van der Waals surface area contributed by atoms with E-state index < -0.39 is 16.9 Å². The maximum Gasteiger partial charge on any atom is 0.269 e. The van der Waals surface area contributed by atoms with Crippen LogP contribution in [0.3, 0.4) is 0 Å².